The van der Waals surface area contributed by atoms with Crippen LogP contribution >= 0.6 is 11.8 Å². The van der Waals surface area contributed by atoms with Gasteiger partial charge in [-0.25, -0.2) is 4.39 Å². The minimum absolute atomic E-state index is 0.0253. The van der Waals surface area contributed by atoms with Crippen molar-refractivity contribution in [3.8, 4) is 6.07 Å². The molecule has 0 aliphatic heterocycles. The average Bonchev–Trinajstić information content (AvgIpc) is 2.37. The van der Waals surface area contributed by atoms with Gasteiger partial charge in [0, 0.05) is 4.90 Å². The Morgan fingerprint density at radius 3 is 2.53 bits per heavy atom. The molecule has 0 aliphatic rings. The second-order valence-electron chi connectivity index (χ2n) is 4.76. The van der Waals surface area contributed by atoms with Crippen molar-refractivity contribution in [2.75, 3.05) is 5.75 Å². The van der Waals surface area contributed by atoms with Crippen LogP contribution in [0.25, 0.3) is 0 Å². The highest BCUT2D eigenvalue weighted by atomic mass is 32.2. The molecule has 0 aliphatic carbocycles. The number of halogens is 1. The summed E-state index contributed by atoms with van der Waals surface area (Å²) in [5, 5.41) is 11.8. The van der Waals surface area contributed by atoms with Gasteiger partial charge in [0.05, 0.1) is 11.8 Å². The number of nitrogens with zero attached hydrogens (tertiary/aromatic N) is 1. The molecule has 0 radical (unpaired) electrons. The molecule has 0 saturated carbocycles. The lowest BCUT2D eigenvalue weighted by molar-refractivity contribution is -0.120. The first-order valence-corrected chi connectivity index (χ1v) is 6.96. The number of rotatable bonds is 5. The van der Waals surface area contributed by atoms with Crippen LogP contribution < -0.4 is 5.32 Å². The van der Waals surface area contributed by atoms with Crippen molar-refractivity contribution >= 4 is 17.7 Å². The summed E-state index contributed by atoms with van der Waals surface area (Å²) in [5.41, 5.74) is -0.861. The van der Waals surface area contributed by atoms with E-state index in [-0.39, 0.29) is 23.4 Å². The number of nitrogens with one attached hydrogen (secondary N) is 1. The summed E-state index contributed by atoms with van der Waals surface area (Å²) in [4.78, 5) is 12.6. The molecule has 3 nitrogen and oxygen atoms in total. The summed E-state index contributed by atoms with van der Waals surface area (Å²) in [6.07, 6.45) is 0. The topological polar surface area (TPSA) is 52.9 Å². The van der Waals surface area contributed by atoms with Gasteiger partial charge in [-0.2, -0.15) is 5.26 Å². The van der Waals surface area contributed by atoms with Crippen molar-refractivity contribution in [1.82, 2.24) is 5.32 Å². The Morgan fingerprint density at radius 1 is 1.47 bits per heavy atom. The van der Waals surface area contributed by atoms with Gasteiger partial charge in [0.1, 0.15) is 11.4 Å². The largest absolute Gasteiger partial charge is 0.337 e. The first-order valence-electron chi connectivity index (χ1n) is 5.98. The van der Waals surface area contributed by atoms with Gasteiger partial charge in [-0.05, 0) is 37.1 Å². The molecule has 1 N–H and O–H groups in total. The predicted octanol–water partition coefficient (Wildman–Crippen LogP) is 2.97. The molecule has 1 amide bonds. The van der Waals surface area contributed by atoms with Gasteiger partial charge in [0.2, 0.25) is 5.91 Å². The number of thioether (sulfide) groups is 1. The smallest absolute Gasteiger partial charge is 0.231 e. The Bertz CT molecular complexity index is 481. The number of carbonyl (C=O) groups excluding carboxylic acids is 1. The number of hydrogen-bond donors (Lipinski definition) is 1. The summed E-state index contributed by atoms with van der Waals surface area (Å²) in [6, 6.07) is 8.08. The second kappa shape index (κ2) is 6.58. The van der Waals surface area contributed by atoms with E-state index in [0.717, 1.165) is 4.90 Å². The zero-order valence-corrected chi connectivity index (χ0v) is 12.1. The van der Waals surface area contributed by atoms with Gasteiger partial charge in [-0.15, -0.1) is 11.8 Å². The highest BCUT2D eigenvalue weighted by molar-refractivity contribution is 8.00. The van der Waals surface area contributed by atoms with Crippen LogP contribution in [0.2, 0.25) is 0 Å². The molecular weight excluding hydrogens is 263 g/mol. The molecule has 5 heteroatoms. The standard InChI is InChI=1S/C14H17FN2OS/c1-10(2)14(3,9-16)17-13(18)8-19-12-6-4-11(15)5-7-12/h4-7,10H,8H2,1-3H3,(H,17,18)/t14-/m0/s1. The third kappa shape index (κ3) is 4.56. The summed E-state index contributed by atoms with van der Waals surface area (Å²) in [6.45, 7) is 5.48. The number of nitriles is 1. The first-order chi connectivity index (χ1) is 8.87. The predicted molar refractivity (Wildman–Crippen MR) is 74.1 cm³/mol. The van der Waals surface area contributed by atoms with Crippen LogP contribution in [-0.2, 0) is 4.79 Å². The summed E-state index contributed by atoms with van der Waals surface area (Å²) in [5.74, 6) is -0.273. The molecule has 0 heterocycles. The zero-order valence-electron chi connectivity index (χ0n) is 11.2. The third-order valence-electron chi connectivity index (χ3n) is 2.97. The fraction of sp³-hybridized carbons (Fsp3) is 0.429. The van der Waals surface area contributed by atoms with Crippen LogP contribution in [0.4, 0.5) is 4.39 Å². The van der Waals surface area contributed by atoms with Crippen molar-refractivity contribution in [1.29, 1.82) is 5.26 Å². The maximum Gasteiger partial charge on any atom is 0.231 e. The highest BCUT2D eigenvalue weighted by Gasteiger charge is 2.29. The Labute approximate surface area is 117 Å². The fourth-order valence-electron chi connectivity index (χ4n) is 1.31. The van der Waals surface area contributed by atoms with Crippen LogP contribution in [0.15, 0.2) is 29.2 Å². The minimum Gasteiger partial charge on any atom is -0.337 e. The third-order valence-corrected chi connectivity index (χ3v) is 3.98. The molecule has 0 fully saturated rings. The lowest BCUT2D eigenvalue weighted by Gasteiger charge is -2.27. The van der Waals surface area contributed by atoms with E-state index in [9.17, 15) is 9.18 Å². The monoisotopic (exact) mass is 280 g/mol. The maximum absolute atomic E-state index is 12.7. The van der Waals surface area contributed by atoms with Crippen LogP contribution in [0, 0.1) is 23.1 Å². The van der Waals surface area contributed by atoms with Crippen molar-refractivity contribution in [3.05, 3.63) is 30.1 Å². The number of benzene rings is 1. The van der Waals surface area contributed by atoms with Crippen molar-refractivity contribution in [3.63, 3.8) is 0 Å². The lowest BCUT2D eigenvalue weighted by atomic mass is 9.90. The van der Waals surface area contributed by atoms with E-state index in [1.807, 2.05) is 13.8 Å². The maximum atomic E-state index is 12.7. The van der Waals surface area contributed by atoms with Gasteiger partial charge >= 0.3 is 0 Å². The van der Waals surface area contributed by atoms with Crippen molar-refractivity contribution in [2.24, 2.45) is 5.92 Å². The van der Waals surface area contributed by atoms with Crippen molar-refractivity contribution in [2.45, 2.75) is 31.2 Å². The highest BCUT2D eigenvalue weighted by Crippen LogP contribution is 2.19. The summed E-state index contributed by atoms with van der Waals surface area (Å²) < 4.78 is 12.7. The number of amides is 1. The van der Waals surface area contributed by atoms with E-state index in [1.54, 1.807) is 19.1 Å². The van der Waals surface area contributed by atoms with Gasteiger partial charge in [0.25, 0.3) is 0 Å². The SMILES string of the molecule is CC(C)[C@](C)(C#N)NC(=O)CSc1ccc(F)cc1. The molecule has 1 aromatic carbocycles. The molecule has 0 spiro atoms. The quantitative estimate of drug-likeness (QED) is 0.844. The van der Waals surface area contributed by atoms with Gasteiger partial charge < -0.3 is 5.32 Å². The van der Waals surface area contributed by atoms with Crippen LogP contribution in [-0.4, -0.2) is 17.2 Å². The first kappa shape index (κ1) is 15.5. The zero-order chi connectivity index (χ0) is 14.5. The molecule has 0 bridgehead atoms. The molecule has 102 valence electrons. The molecule has 0 unspecified atom stereocenters. The van der Waals surface area contributed by atoms with E-state index >= 15 is 0 Å². The molecule has 19 heavy (non-hydrogen) atoms. The van der Waals surface area contributed by atoms with Crippen LogP contribution in [0.1, 0.15) is 20.8 Å². The molecular formula is C14H17FN2OS. The van der Waals surface area contributed by atoms with E-state index < -0.39 is 5.54 Å². The van der Waals surface area contributed by atoms with Gasteiger partial charge in [0.15, 0.2) is 0 Å². The second-order valence-corrected chi connectivity index (χ2v) is 5.81. The molecule has 1 aromatic rings. The average molecular weight is 280 g/mol. The summed E-state index contributed by atoms with van der Waals surface area (Å²) >= 11 is 1.31. The summed E-state index contributed by atoms with van der Waals surface area (Å²) in [7, 11) is 0. The minimum atomic E-state index is -0.861. The van der Waals surface area contributed by atoms with Gasteiger partial charge in [-0.1, -0.05) is 13.8 Å². The molecule has 0 saturated heterocycles. The van der Waals surface area contributed by atoms with Crippen LogP contribution in [0.3, 0.4) is 0 Å². The fourth-order valence-corrected chi connectivity index (χ4v) is 2.01. The lowest BCUT2D eigenvalue weighted by Crippen LogP contribution is -2.49. The molecule has 0 aromatic heterocycles. The Hall–Kier alpha value is -1.54. The van der Waals surface area contributed by atoms with E-state index in [2.05, 4.69) is 11.4 Å². The Morgan fingerprint density at radius 2 is 2.05 bits per heavy atom. The normalized spacial score (nSPS) is 13.7. The van der Waals surface area contributed by atoms with Crippen molar-refractivity contribution < 1.29 is 9.18 Å². The van der Waals surface area contributed by atoms with Gasteiger partial charge in [-0.3, -0.25) is 4.79 Å². The number of carbonyl (C=O) groups is 1. The van der Waals surface area contributed by atoms with E-state index in [4.69, 9.17) is 5.26 Å². The van der Waals surface area contributed by atoms with Crippen LogP contribution in [0.5, 0.6) is 0 Å². The molecule has 1 rings (SSSR count). The number of hydrogen-bond acceptors (Lipinski definition) is 3. The molecule has 1 atom stereocenters. The van der Waals surface area contributed by atoms with E-state index in [0.29, 0.717) is 0 Å². The Kier molecular flexibility index (Phi) is 5.37. The Balaban J connectivity index is 2.53. The van der Waals surface area contributed by atoms with E-state index in [1.165, 1.54) is 23.9 Å².